The maximum Gasteiger partial charge on any atom is 0.271 e. The first-order chi connectivity index (χ1) is 13.5. The number of methoxy groups -OCH3 is 1. The van der Waals surface area contributed by atoms with Crippen molar-refractivity contribution in [1.29, 1.82) is 0 Å². The van der Waals surface area contributed by atoms with Crippen LogP contribution in [0, 0.1) is 10.1 Å². The molecule has 0 saturated carbocycles. The summed E-state index contributed by atoms with van der Waals surface area (Å²) < 4.78 is 5.27. The monoisotopic (exact) mass is 384 g/mol. The number of piperazine rings is 1. The number of hydrogen-bond acceptors (Lipinski definition) is 6. The van der Waals surface area contributed by atoms with Crippen molar-refractivity contribution in [3.8, 4) is 5.75 Å². The minimum absolute atomic E-state index is 0.0380. The number of anilines is 1. The molecular weight excluding hydrogens is 360 g/mol. The van der Waals surface area contributed by atoms with Gasteiger partial charge >= 0.3 is 0 Å². The van der Waals surface area contributed by atoms with Crippen molar-refractivity contribution < 1.29 is 14.5 Å². The van der Waals surface area contributed by atoms with Gasteiger partial charge in [0.1, 0.15) is 5.75 Å². The van der Waals surface area contributed by atoms with Crippen molar-refractivity contribution in [3.63, 3.8) is 0 Å². The molecule has 8 heteroatoms. The Bertz CT molecular complexity index is 834. The predicted molar refractivity (Wildman–Crippen MR) is 106 cm³/mol. The minimum atomic E-state index is -0.475. The van der Waals surface area contributed by atoms with E-state index in [2.05, 4.69) is 21.2 Å². The summed E-state index contributed by atoms with van der Waals surface area (Å²) in [5.41, 5.74) is 1.61. The van der Waals surface area contributed by atoms with Gasteiger partial charge in [-0.15, -0.1) is 0 Å². The number of rotatable bonds is 7. The van der Waals surface area contributed by atoms with Gasteiger partial charge in [0.25, 0.3) is 5.69 Å². The number of non-ortho nitro benzene ring substituents is 1. The normalized spacial score (nSPS) is 15.2. The predicted octanol–water partition coefficient (Wildman–Crippen LogP) is 2.36. The van der Waals surface area contributed by atoms with Crippen molar-refractivity contribution in [1.82, 2.24) is 9.80 Å². The van der Waals surface area contributed by atoms with Gasteiger partial charge < -0.3 is 10.1 Å². The van der Waals surface area contributed by atoms with E-state index in [0.29, 0.717) is 5.69 Å². The van der Waals surface area contributed by atoms with Crippen molar-refractivity contribution >= 4 is 17.3 Å². The van der Waals surface area contributed by atoms with Gasteiger partial charge in [0, 0.05) is 50.5 Å². The highest BCUT2D eigenvalue weighted by atomic mass is 16.6. The highest BCUT2D eigenvalue weighted by molar-refractivity contribution is 5.92. The molecule has 1 aliphatic heterocycles. The van der Waals surface area contributed by atoms with Crippen LogP contribution in [0.15, 0.2) is 48.5 Å². The molecule has 1 saturated heterocycles. The zero-order chi connectivity index (χ0) is 19.9. The average molecular weight is 384 g/mol. The van der Waals surface area contributed by atoms with Crippen LogP contribution in [0.2, 0.25) is 0 Å². The molecule has 8 nitrogen and oxygen atoms in total. The molecule has 0 aromatic heterocycles. The fraction of sp³-hybridized carbons (Fsp3) is 0.350. The third-order valence-corrected chi connectivity index (χ3v) is 4.71. The Kier molecular flexibility index (Phi) is 6.57. The van der Waals surface area contributed by atoms with E-state index in [0.717, 1.165) is 38.5 Å². The van der Waals surface area contributed by atoms with Gasteiger partial charge in [-0.1, -0.05) is 18.2 Å². The highest BCUT2D eigenvalue weighted by Crippen LogP contribution is 2.17. The lowest BCUT2D eigenvalue weighted by Crippen LogP contribution is -2.48. The fourth-order valence-electron chi connectivity index (χ4n) is 3.24. The molecule has 148 valence electrons. The van der Waals surface area contributed by atoms with E-state index < -0.39 is 4.92 Å². The Morgan fingerprint density at radius 3 is 2.54 bits per heavy atom. The average Bonchev–Trinajstić information content (AvgIpc) is 2.70. The number of nitrogens with one attached hydrogen (secondary N) is 1. The first-order valence-corrected chi connectivity index (χ1v) is 9.15. The van der Waals surface area contributed by atoms with Gasteiger partial charge in [0.15, 0.2) is 0 Å². The van der Waals surface area contributed by atoms with Crippen LogP contribution < -0.4 is 10.1 Å². The molecule has 0 unspecified atom stereocenters. The third kappa shape index (κ3) is 5.51. The van der Waals surface area contributed by atoms with E-state index in [1.54, 1.807) is 19.2 Å². The molecule has 0 bridgehead atoms. The lowest BCUT2D eigenvalue weighted by Gasteiger charge is -2.34. The van der Waals surface area contributed by atoms with Crippen molar-refractivity contribution in [3.05, 3.63) is 64.2 Å². The number of ether oxygens (including phenoxy) is 1. The quantitative estimate of drug-likeness (QED) is 0.582. The van der Waals surface area contributed by atoms with E-state index in [1.807, 2.05) is 18.2 Å². The highest BCUT2D eigenvalue weighted by Gasteiger charge is 2.19. The summed E-state index contributed by atoms with van der Waals surface area (Å²) in [7, 11) is 1.66. The molecule has 3 rings (SSSR count). The number of carbonyl (C=O) groups excluding carboxylic acids is 1. The van der Waals surface area contributed by atoms with Crippen LogP contribution in [0.4, 0.5) is 11.4 Å². The molecule has 1 N–H and O–H groups in total. The van der Waals surface area contributed by atoms with Crippen LogP contribution >= 0.6 is 0 Å². The summed E-state index contributed by atoms with van der Waals surface area (Å²) in [6.07, 6.45) is 0. The second-order valence-electron chi connectivity index (χ2n) is 6.76. The zero-order valence-electron chi connectivity index (χ0n) is 15.8. The van der Waals surface area contributed by atoms with Crippen LogP contribution in [0.3, 0.4) is 0 Å². The topological polar surface area (TPSA) is 88.0 Å². The Morgan fingerprint density at radius 2 is 1.82 bits per heavy atom. The second kappa shape index (κ2) is 9.29. The molecule has 0 atom stereocenters. The molecule has 0 radical (unpaired) electrons. The van der Waals surface area contributed by atoms with Gasteiger partial charge in [0.05, 0.1) is 18.6 Å². The number of nitro benzene ring substituents is 1. The number of amides is 1. The first kappa shape index (κ1) is 19.8. The van der Waals surface area contributed by atoms with Crippen molar-refractivity contribution in [2.45, 2.75) is 6.54 Å². The van der Waals surface area contributed by atoms with E-state index in [9.17, 15) is 14.9 Å². The number of nitrogens with zero attached hydrogens (tertiary/aromatic N) is 3. The van der Waals surface area contributed by atoms with Gasteiger partial charge in [0.2, 0.25) is 5.91 Å². The van der Waals surface area contributed by atoms with Gasteiger partial charge in [-0.25, -0.2) is 0 Å². The first-order valence-electron chi connectivity index (χ1n) is 9.15. The Balaban J connectivity index is 1.45. The van der Waals surface area contributed by atoms with Crippen molar-refractivity contribution in [2.75, 3.05) is 45.2 Å². The van der Waals surface area contributed by atoms with Gasteiger partial charge in [-0.05, 0) is 23.8 Å². The van der Waals surface area contributed by atoms with E-state index in [4.69, 9.17) is 4.74 Å². The third-order valence-electron chi connectivity index (χ3n) is 4.71. The number of nitro groups is 1. The minimum Gasteiger partial charge on any atom is -0.497 e. The van der Waals surface area contributed by atoms with Gasteiger partial charge in [-0.2, -0.15) is 0 Å². The summed E-state index contributed by atoms with van der Waals surface area (Å²) >= 11 is 0. The van der Waals surface area contributed by atoms with Crippen LogP contribution in [0.25, 0.3) is 0 Å². The SMILES string of the molecule is COc1cccc(CN2CCN(CC(=O)Nc3cccc([N+](=O)[O-])c3)CC2)c1. The van der Waals surface area contributed by atoms with Crippen LogP contribution in [-0.2, 0) is 11.3 Å². The summed E-state index contributed by atoms with van der Waals surface area (Å²) in [6.45, 7) is 4.47. The smallest absolute Gasteiger partial charge is 0.271 e. The Morgan fingerprint density at radius 1 is 1.11 bits per heavy atom. The molecule has 2 aromatic carbocycles. The second-order valence-corrected chi connectivity index (χ2v) is 6.76. The molecule has 1 heterocycles. The number of benzene rings is 2. The number of hydrogen-bond donors (Lipinski definition) is 1. The van der Waals surface area contributed by atoms with Crippen LogP contribution in [-0.4, -0.2) is 60.5 Å². The lowest BCUT2D eigenvalue weighted by molar-refractivity contribution is -0.384. The fourth-order valence-corrected chi connectivity index (χ4v) is 3.24. The van der Waals surface area contributed by atoms with Gasteiger partial charge in [-0.3, -0.25) is 24.7 Å². The lowest BCUT2D eigenvalue weighted by atomic mass is 10.2. The maximum atomic E-state index is 12.3. The molecule has 1 aliphatic rings. The molecule has 28 heavy (non-hydrogen) atoms. The van der Waals surface area contributed by atoms with E-state index >= 15 is 0 Å². The Labute approximate surface area is 163 Å². The summed E-state index contributed by atoms with van der Waals surface area (Å²) in [5.74, 6) is 0.690. The molecule has 1 fully saturated rings. The largest absolute Gasteiger partial charge is 0.497 e. The standard InChI is InChI=1S/C20H24N4O4/c1-28-19-7-2-4-16(12-19)14-22-8-10-23(11-9-22)15-20(25)21-17-5-3-6-18(13-17)24(26)27/h2-7,12-13H,8-11,14-15H2,1H3,(H,21,25). The van der Waals surface area contributed by atoms with Crippen LogP contribution in [0.1, 0.15) is 5.56 Å². The Hall–Kier alpha value is -2.97. The molecule has 1 amide bonds. The maximum absolute atomic E-state index is 12.3. The van der Waals surface area contributed by atoms with E-state index in [-0.39, 0.29) is 18.1 Å². The van der Waals surface area contributed by atoms with Crippen LogP contribution in [0.5, 0.6) is 5.75 Å². The summed E-state index contributed by atoms with van der Waals surface area (Å²) in [5, 5.41) is 13.6. The molecular formula is C20H24N4O4. The van der Waals surface area contributed by atoms with E-state index in [1.165, 1.54) is 17.7 Å². The molecule has 0 aliphatic carbocycles. The molecule has 2 aromatic rings. The zero-order valence-corrected chi connectivity index (χ0v) is 15.8. The number of carbonyl (C=O) groups is 1. The van der Waals surface area contributed by atoms with Crippen molar-refractivity contribution in [2.24, 2.45) is 0 Å². The molecule has 0 spiro atoms. The summed E-state index contributed by atoms with van der Waals surface area (Å²) in [6, 6.07) is 14.0. The summed E-state index contributed by atoms with van der Waals surface area (Å²) in [4.78, 5) is 27.0.